The number of fused-ring (bicyclic) bond motifs is 1. The molecule has 8 heteroatoms. The number of phenolic OH excluding ortho intramolecular Hbond substituents is 2. The van der Waals surface area contributed by atoms with E-state index in [1.54, 1.807) is 30.4 Å². The summed E-state index contributed by atoms with van der Waals surface area (Å²) < 4.78 is 5.95. The van der Waals surface area contributed by atoms with E-state index in [1.807, 2.05) is 11.9 Å². The van der Waals surface area contributed by atoms with Gasteiger partial charge in [0.2, 0.25) is 0 Å². The number of likely N-dealkylation sites (N-methyl/N-ethyl adjacent to an activating group) is 1. The number of phenols is 2. The summed E-state index contributed by atoms with van der Waals surface area (Å²) in [7, 11) is 1.90. The van der Waals surface area contributed by atoms with Gasteiger partial charge in [-0.05, 0) is 44.3 Å². The summed E-state index contributed by atoms with van der Waals surface area (Å²) in [5.74, 6) is -0.851. The number of hydrogen-bond donors (Lipinski definition) is 3. The monoisotopic (exact) mass is 461 g/mol. The fourth-order valence-corrected chi connectivity index (χ4v) is 4.57. The number of β-amino-alcohol motifs (C(OH)–C–C–N with tert-alkyl or cyclic N) is 1. The van der Waals surface area contributed by atoms with Crippen molar-refractivity contribution in [1.29, 1.82) is 0 Å². The molecule has 31 heavy (non-hydrogen) atoms. The highest BCUT2D eigenvalue weighted by Crippen LogP contribution is 2.42. The molecule has 1 aromatic heterocycles. The summed E-state index contributed by atoms with van der Waals surface area (Å²) in [5, 5.41) is 32.3. The number of benzene rings is 2. The van der Waals surface area contributed by atoms with Gasteiger partial charge in [-0.25, -0.2) is 0 Å². The zero-order chi connectivity index (χ0) is 22.3. The first-order valence-electron chi connectivity index (χ1n) is 9.77. The third-order valence-electron chi connectivity index (χ3n) is 5.59. The molecular weight excluding hydrogens is 441 g/mol. The quantitative estimate of drug-likeness (QED) is 0.532. The molecule has 4 rings (SSSR count). The second kappa shape index (κ2) is 8.55. The van der Waals surface area contributed by atoms with Gasteiger partial charge in [0.15, 0.2) is 5.43 Å². The fourth-order valence-electron chi connectivity index (χ4n) is 4.04. The molecule has 0 aliphatic carbocycles. The molecule has 3 aromatic rings. The van der Waals surface area contributed by atoms with E-state index in [0.29, 0.717) is 40.7 Å². The number of hydrogen-bond acceptors (Lipinski definition) is 6. The van der Waals surface area contributed by atoms with Gasteiger partial charge in [0, 0.05) is 45.8 Å². The van der Waals surface area contributed by atoms with Crippen molar-refractivity contribution >= 4 is 46.3 Å². The van der Waals surface area contributed by atoms with Crippen molar-refractivity contribution < 1.29 is 19.7 Å². The van der Waals surface area contributed by atoms with Crippen molar-refractivity contribution in [3.8, 4) is 11.5 Å². The summed E-state index contributed by atoms with van der Waals surface area (Å²) in [6.07, 6.45) is 2.97. The first kappa shape index (κ1) is 21.7. The minimum atomic E-state index is -0.760. The normalized spacial score (nSPS) is 20.0. The molecule has 2 atom stereocenters. The van der Waals surface area contributed by atoms with Crippen LogP contribution in [0.4, 0.5) is 0 Å². The highest BCUT2D eigenvalue weighted by atomic mass is 35.5. The van der Waals surface area contributed by atoms with Crippen LogP contribution in [-0.2, 0) is 0 Å². The van der Waals surface area contributed by atoms with Crippen LogP contribution in [0.2, 0.25) is 10.0 Å². The molecule has 162 valence electrons. The van der Waals surface area contributed by atoms with Gasteiger partial charge in [-0.3, -0.25) is 4.79 Å². The van der Waals surface area contributed by atoms with Crippen LogP contribution in [0, 0.1) is 0 Å². The second-order valence-electron chi connectivity index (χ2n) is 7.74. The molecule has 1 fully saturated rings. The Hall–Kier alpha value is -2.51. The van der Waals surface area contributed by atoms with Crippen LogP contribution in [0.25, 0.3) is 23.1 Å². The lowest BCUT2D eigenvalue weighted by molar-refractivity contribution is 0.0630. The van der Waals surface area contributed by atoms with E-state index in [9.17, 15) is 20.1 Å². The highest BCUT2D eigenvalue weighted by molar-refractivity contribution is 6.37. The molecule has 0 radical (unpaired) electrons. The van der Waals surface area contributed by atoms with E-state index in [0.717, 1.165) is 6.07 Å². The zero-order valence-electron chi connectivity index (χ0n) is 16.7. The van der Waals surface area contributed by atoms with Gasteiger partial charge >= 0.3 is 0 Å². The Kier molecular flexibility index (Phi) is 5.99. The molecule has 0 amide bonds. The standard InChI is InChI=1S/C23H21Cl2NO5/c1-26-8-7-14(20(30)11-26)21-18(28)10-19(29)22-17(27)9-12(31-23(21)22)5-6-13-15(24)3-2-4-16(13)25/h2-6,9-10,14,20,28-30H,7-8,11H2,1H3/t14-,20+/m0/s1. The van der Waals surface area contributed by atoms with Gasteiger partial charge in [-0.2, -0.15) is 0 Å². The molecule has 2 aromatic carbocycles. The maximum Gasteiger partial charge on any atom is 0.197 e. The van der Waals surface area contributed by atoms with Crippen molar-refractivity contribution in [2.24, 2.45) is 0 Å². The lowest BCUT2D eigenvalue weighted by atomic mass is 9.85. The molecule has 1 aliphatic rings. The van der Waals surface area contributed by atoms with E-state index < -0.39 is 17.5 Å². The summed E-state index contributed by atoms with van der Waals surface area (Å²) >= 11 is 12.4. The van der Waals surface area contributed by atoms with Gasteiger partial charge in [-0.15, -0.1) is 0 Å². The van der Waals surface area contributed by atoms with Gasteiger partial charge in [0.25, 0.3) is 0 Å². The fraction of sp³-hybridized carbons (Fsp3) is 0.261. The number of likely N-dealkylation sites (tertiary alicyclic amines) is 1. The molecule has 1 saturated heterocycles. The molecular formula is C23H21Cl2NO5. The number of piperidine rings is 1. The van der Waals surface area contributed by atoms with E-state index in [1.165, 1.54) is 6.07 Å². The zero-order valence-corrected chi connectivity index (χ0v) is 18.2. The van der Waals surface area contributed by atoms with E-state index in [4.69, 9.17) is 27.6 Å². The SMILES string of the molecule is CN1CC[C@H](c2c(O)cc(O)c3c(=O)cc(C=Cc4c(Cl)cccc4Cl)oc23)[C@H](O)C1. The first-order chi connectivity index (χ1) is 14.8. The van der Waals surface area contributed by atoms with Crippen LogP contribution in [0.1, 0.15) is 29.2 Å². The third-order valence-corrected chi connectivity index (χ3v) is 6.25. The molecule has 6 nitrogen and oxygen atoms in total. The Morgan fingerprint density at radius 3 is 2.52 bits per heavy atom. The van der Waals surface area contributed by atoms with Crippen LogP contribution in [-0.4, -0.2) is 46.5 Å². The van der Waals surface area contributed by atoms with Crippen LogP contribution < -0.4 is 5.43 Å². The summed E-state index contributed by atoms with van der Waals surface area (Å²) in [6, 6.07) is 7.48. The number of rotatable bonds is 3. The van der Waals surface area contributed by atoms with Crippen molar-refractivity contribution in [2.75, 3.05) is 20.1 Å². The number of aliphatic hydroxyl groups excluding tert-OH is 1. The van der Waals surface area contributed by atoms with E-state index in [-0.39, 0.29) is 28.2 Å². The highest BCUT2D eigenvalue weighted by Gasteiger charge is 2.32. The smallest absolute Gasteiger partial charge is 0.197 e. The number of nitrogens with zero attached hydrogens (tertiary/aromatic N) is 1. The van der Waals surface area contributed by atoms with Gasteiger partial charge in [-0.1, -0.05) is 29.3 Å². The van der Waals surface area contributed by atoms with Crippen LogP contribution in [0.3, 0.4) is 0 Å². The molecule has 0 saturated carbocycles. The van der Waals surface area contributed by atoms with E-state index in [2.05, 4.69) is 0 Å². The average Bonchev–Trinajstić information content (AvgIpc) is 2.68. The van der Waals surface area contributed by atoms with Crippen molar-refractivity contribution in [2.45, 2.75) is 18.4 Å². The minimum Gasteiger partial charge on any atom is -0.507 e. The maximum atomic E-state index is 12.8. The molecule has 0 unspecified atom stereocenters. The number of aliphatic hydroxyl groups is 1. The first-order valence-corrected chi connectivity index (χ1v) is 10.5. The van der Waals surface area contributed by atoms with Gasteiger partial charge < -0.3 is 24.6 Å². The Labute approximate surface area is 188 Å². The predicted octanol–water partition coefficient (Wildman–Crippen LogP) is 4.46. The Morgan fingerprint density at radius 2 is 1.84 bits per heavy atom. The maximum absolute atomic E-state index is 12.8. The number of halogens is 2. The Morgan fingerprint density at radius 1 is 1.13 bits per heavy atom. The molecule has 2 heterocycles. The van der Waals surface area contributed by atoms with Crippen LogP contribution in [0.15, 0.2) is 39.5 Å². The molecule has 0 bridgehead atoms. The summed E-state index contributed by atoms with van der Waals surface area (Å²) in [6.45, 7) is 1.12. The van der Waals surface area contributed by atoms with Gasteiger partial charge in [0.05, 0.1) is 6.10 Å². The Bertz CT molecular complexity index is 1220. The molecule has 3 N–H and O–H groups in total. The Balaban J connectivity index is 1.87. The van der Waals surface area contributed by atoms with Gasteiger partial charge in [0.1, 0.15) is 28.2 Å². The van der Waals surface area contributed by atoms with Crippen LogP contribution in [0.5, 0.6) is 11.5 Å². The predicted molar refractivity (Wildman–Crippen MR) is 122 cm³/mol. The second-order valence-corrected chi connectivity index (χ2v) is 8.55. The third kappa shape index (κ3) is 4.16. The van der Waals surface area contributed by atoms with E-state index >= 15 is 0 Å². The minimum absolute atomic E-state index is 0.0353. The lowest BCUT2D eigenvalue weighted by Crippen LogP contribution is -2.40. The molecule has 0 spiro atoms. The molecule has 1 aliphatic heterocycles. The van der Waals surface area contributed by atoms with Crippen molar-refractivity contribution in [3.05, 3.63) is 67.5 Å². The summed E-state index contributed by atoms with van der Waals surface area (Å²) in [5.41, 5.74) is 0.477. The number of aromatic hydroxyl groups is 2. The van der Waals surface area contributed by atoms with Crippen LogP contribution >= 0.6 is 23.2 Å². The van der Waals surface area contributed by atoms with Crippen molar-refractivity contribution in [1.82, 2.24) is 4.90 Å². The lowest BCUT2D eigenvalue weighted by Gasteiger charge is -2.34. The average molecular weight is 462 g/mol. The topological polar surface area (TPSA) is 94.1 Å². The summed E-state index contributed by atoms with van der Waals surface area (Å²) in [4.78, 5) is 14.8. The van der Waals surface area contributed by atoms with Crippen molar-refractivity contribution in [3.63, 3.8) is 0 Å². The largest absolute Gasteiger partial charge is 0.507 e.